The summed E-state index contributed by atoms with van der Waals surface area (Å²) in [6.07, 6.45) is 1.25. The normalized spacial score (nSPS) is 10.2. The minimum Gasteiger partial charge on any atom is -0.366 e. The molecule has 98 valence electrons. The molecule has 1 N–H and O–H groups in total. The van der Waals surface area contributed by atoms with Crippen molar-refractivity contribution >= 4 is 23.1 Å². The van der Waals surface area contributed by atoms with Crippen LogP contribution < -0.4 is 5.32 Å². The predicted molar refractivity (Wildman–Crippen MR) is 74.4 cm³/mol. The first-order chi connectivity index (χ1) is 9.06. The highest BCUT2D eigenvalue weighted by Crippen LogP contribution is 2.18. The monoisotopic (exact) mass is 277 g/mol. The number of nitrogens with zero attached hydrogens (tertiary/aromatic N) is 2. The maximum absolute atomic E-state index is 10.6. The summed E-state index contributed by atoms with van der Waals surface area (Å²) in [7, 11) is 0. The van der Waals surface area contributed by atoms with Crippen LogP contribution >= 0.6 is 11.6 Å². The summed E-state index contributed by atoms with van der Waals surface area (Å²) in [5.41, 5.74) is 1.79. The van der Waals surface area contributed by atoms with Gasteiger partial charge in [-0.1, -0.05) is 23.7 Å². The minimum absolute atomic E-state index is 0.00505. The Bertz CT molecular complexity index is 599. The molecule has 1 heterocycles. The molecule has 2 rings (SSSR count). The van der Waals surface area contributed by atoms with Gasteiger partial charge >= 0.3 is 0 Å². The first kappa shape index (κ1) is 13.3. The Morgan fingerprint density at radius 1 is 1.37 bits per heavy atom. The van der Waals surface area contributed by atoms with Gasteiger partial charge in [0.25, 0.3) is 5.69 Å². The summed E-state index contributed by atoms with van der Waals surface area (Å²) in [6, 6.07) is 8.95. The summed E-state index contributed by atoms with van der Waals surface area (Å²) in [6.45, 7) is 2.37. The number of rotatable bonds is 4. The minimum atomic E-state index is -0.455. The zero-order valence-electron chi connectivity index (χ0n) is 10.3. The van der Waals surface area contributed by atoms with Gasteiger partial charge < -0.3 is 5.32 Å². The third-order valence-electron chi connectivity index (χ3n) is 2.65. The molecule has 19 heavy (non-hydrogen) atoms. The fourth-order valence-corrected chi connectivity index (χ4v) is 1.76. The van der Waals surface area contributed by atoms with Gasteiger partial charge in [0.15, 0.2) is 0 Å². The van der Waals surface area contributed by atoms with Crippen molar-refractivity contribution in [3.63, 3.8) is 0 Å². The van der Waals surface area contributed by atoms with Crippen LogP contribution in [0, 0.1) is 17.0 Å². The number of halogens is 1. The Morgan fingerprint density at radius 2 is 2.05 bits per heavy atom. The molecule has 0 aliphatic rings. The van der Waals surface area contributed by atoms with Crippen molar-refractivity contribution in [2.24, 2.45) is 0 Å². The molecule has 0 amide bonds. The highest BCUT2D eigenvalue weighted by atomic mass is 35.5. The van der Waals surface area contributed by atoms with Crippen LogP contribution in [0.4, 0.5) is 11.5 Å². The van der Waals surface area contributed by atoms with E-state index in [1.165, 1.54) is 12.3 Å². The highest BCUT2D eigenvalue weighted by molar-refractivity contribution is 6.30. The Kier molecular flexibility index (Phi) is 3.97. The Morgan fingerprint density at radius 3 is 2.63 bits per heavy atom. The van der Waals surface area contributed by atoms with E-state index in [2.05, 4.69) is 10.3 Å². The van der Waals surface area contributed by atoms with Crippen molar-refractivity contribution < 1.29 is 4.92 Å². The van der Waals surface area contributed by atoms with E-state index in [1.54, 1.807) is 6.92 Å². The van der Waals surface area contributed by atoms with Crippen molar-refractivity contribution in [1.82, 2.24) is 4.98 Å². The third kappa shape index (κ3) is 3.42. The number of hydrogen-bond donors (Lipinski definition) is 1. The van der Waals surface area contributed by atoms with Gasteiger partial charge in [-0.3, -0.25) is 10.1 Å². The van der Waals surface area contributed by atoms with E-state index in [1.807, 2.05) is 24.3 Å². The molecule has 1 aromatic heterocycles. The van der Waals surface area contributed by atoms with Crippen LogP contribution in [0.25, 0.3) is 0 Å². The molecule has 0 saturated carbocycles. The van der Waals surface area contributed by atoms with Gasteiger partial charge in [0.1, 0.15) is 12.0 Å². The zero-order valence-corrected chi connectivity index (χ0v) is 11.0. The average Bonchev–Trinajstić information content (AvgIpc) is 2.39. The van der Waals surface area contributed by atoms with Crippen molar-refractivity contribution in [2.75, 3.05) is 5.32 Å². The lowest BCUT2D eigenvalue weighted by atomic mass is 10.2. The highest BCUT2D eigenvalue weighted by Gasteiger charge is 2.09. The quantitative estimate of drug-likeness (QED) is 0.685. The van der Waals surface area contributed by atoms with Crippen LogP contribution in [0.1, 0.15) is 11.1 Å². The van der Waals surface area contributed by atoms with Gasteiger partial charge in [0.2, 0.25) is 0 Å². The molecule has 6 heteroatoms. The van der Waals surface area contributed by atoms with Crippen LogP contribution in [0.5, 0.6) is 0 Å². The number of pyridine rings is 1. The van der Waals surface area contributed by atoms with E-state index in [0.29, 0.717) is 17.4 Å². The number of hydrogen-bond acceptors (Lipinski definition) is 4. The summed E-state index contributed by atoms with van der Waals surface area (Å²) in [4.78, 5) is 14.2. The van der Waals surface area contributed by atoms with Crippen LogP contribution in [0.3, 0.4) is 0 Å². The number of benzene rings is 1. The van der Waals surface area contributed by atoms with Gasteiger partial charge in [-0.25, -0.2) is 4.98 Å². The fraction of sp³-hybridized carbons (Fsp3) is 0.154. The topological polar surface area (TPSA) is 68.1 Å². The third-order valence-corrected chi connectivity index (χ3v) is 2.90. The summed E-state index contributed by atoms with van der Waals surface area (Å²) in [5.74, 6) is 0.639. The van der Waals surface area contributed by atoms with Crippen LogP contribution in [-0.4, -0.2) is 9.91 Å². The molecule has 1 aromatic carbocycles. The molecule has 5 nitrogen and oxygen atoms in total. The molecule has 0 aliphatic heterocycles. The second-order valence-corrected chi connectivity index (χ2v) is 4.53. The number of aromatic nitrogens is 1. The first-order valence-electron chi connectivity index (χ1n) is 5.65. The molecule has 0 radical (unpaired) electrons. The van der Waals surface area contributed by atoms with Crippen LogP contribution in [-0.2, 0) is 6.54 Å². The molecule has 0 saturated heterocycles. The van der Waals surface area contributed by atoms with E-state index in [4.69, 9.17) is 11.6 Å². The van der Waals surface area contributed by atoms with Crippen LogP contribution in [0.15, 0.2) is 36.5 Å². The summed E-state index contributed by atoms with van der Waals surface area (Å²) >= 11 is 5.80. The van der Waals surface area contributed by atoms with E-state index in [0.717, 1.165) is 11.1 Å². The van der Waals surface area contributed by atoms with Crippen molar-refractivity contribution in [3.8, 4) is 0 Å². The lowest BCUT2D eigenvalue weighted by molar-refractivity contribution is -0.385. The van der Waals surface area contributed by atoms with E-state index >= 15 is 0 Å². The predicted octanol–water partition coefficient (Wildman–Crippen LogP) is 3.56. The lowest BCUT2D eigenvalue weighted by Gasteiger charge is -2.08. The van der Waals surface area contributed by atoms with Crippen molar-refractivity contribution in [3.05, 3.63) is 62.8 Å². The van der Waals surface area contributed by atoms with Gasteiger partial charge in [0, 0.05) is 17.6 Å². The number of nitro groups is 1. The molecule has 0 atom stereocenters. The number of nitrogens with one attached hydrogen (secondary N) is 1. The zero-order chi connectivity index (χ0) is 13.8. The summed E-state index contributed by atoms with van der Waals surface area (Å²) in [5, 5.41) is 14.4. The molecule has 0 unspecified atom stereocenters. The fourth-order valence-electron chi connectivity index (χ4n) is 1.63. The molecule has 0 fully saturated rings. The van der Waals surface area contributed by atoms with Gasteiger partial charge in [-0.05, 0) is 30.2 Å². The van der Waals surface area contributed by atoms with Gasteiger partial charge in [-0.2, -0.15) is 0 Å². The molecular formula is C13H12ClN3O2. The number of aryl methyl sites for hydroxylation is 1. The molecule has 0 aliphatic carbocycles. The van der Waals surface area contributed by atoms with Gasteiger partial charge in [-0.15, -0.1) is 0 Å². The van der Waals surface area contributed by atoms with Crippen LogP contribution in [0.2, 0.25) is 5.02 Å². The van der Waals surface area contributed by atoms with E-state index in [9.17, 15) is 10.1 Å². The standard InChI is InChI=1S/C13H12ClN3O2/c1-9-6-12(17(18)19)8-16-13(9)15-7-10-2-4-11(14)5-3-10/h2-6,8H,7H2,1H3,(H,15,16). The average molecular weight is 278 g/mol. The first-order valence-corrected chi connectivity index (χ1v) is 6.03. The maximum atomic E-state index is 10.6. The molecule has 2 aromatic rings. The summed E-state index contributed by atoms with van der Waals surface area (Å²) < 4.78 is 0. The second-order valence-electron chi connectivity index (χ2n) is 4.10. The largest absolute Gasteiger partial charge is 0.366 e. The maximum Gasteiger partial charge on any atom is 0.287 e. The number of anilines is 1. The van der Waals surface area contributed by atoms with E-state index < -0.39 is 4.92 Å². The smallest absolute Gasteiger partial charge is 0.287 e. The Hall–Kier alpha value is -2.14. The molecule has 0 spiro atoms. The Labute approximate surface area is 115 Å². The molecule has 0 bridgehead atoms. The molecular weight excluding hydrogens is 266 g/mol. The van der Waals surface area contributed by atoms with Gasteiger partial charge in [0.05, 0.1) is 4.92 Å². The van der Waals surface area contributed by atoms with Crippen molar-refractivity contribution in [2.45, 2.75) is 13.5 Å². The Balaban J connectivity index is 2.07. The second kappa shape index (κ2) is 5.67. The lowest BCUT2D eigenvalue weighted by Crippen LogP contribution is -2.03. The van der Waals surface area contributed by atoms with E-state index in [-0.39, 0.29) is 5.69 Å². The van der Waals surface area contributed by atoms with Crippen molar-refractivity contribution in [1.29, 1.82) is 0 Å². The SMILES string of the molecule is Cc1cc([N+](=O)[O-])cnc1NCc1ccc(Cl)cc1.